The molecule has 1 aromatic heterocycles. The molecule has 7 heteroatoms. The molecule has 0 unspecified atom stereocenters. The highest BCUT2D eigenvalue weighted by molar-refractivity contribution is 7.89. The number of nitrogens with zero attached hydrogens (tertiary/aromatic N) is 4. The predicted molar refractivity (Wildman–Crippen MR) is 77.9 cm³/mol. The second kappa shape index (κ2) is 5.95. The monoisotopic (exact) mass is 306 g/mol. The van der Waals surface area contributed by atoms with E-state index in [0.29, 0.717) is 24.5 Å². The minimum atomic E-state index is -3.39. The molecule has 2 aromatic rings. The average Bonchev–Trinajstić information content (AvgIpc) is 3.01. The van der Waals surface area contributed by atoms with Gasteiger partial charge >= 0.3 is 0 Å². The standard InChI is InChI=1S/C14H18N4O2S/c19-21(20,14-6-2-1-3-7-14)18-8-4-5-13(10-18)9-17-12-15-11-16-17/h1-3,6-7,11-13H,4-5,8-10H2/t13-/m1/s1. The Bertz CT molecular complexity index is 670. The van der Waals surface area contributed by atoms with Gasteiger partial charge in [0.25, 0.3) is 0 Å². The van der Waals surface area contributed by atoms with Gasteiger partial charge < -0.3 is 0 Å². The third-order valence-corrected chi connectivity index (χ3v) is 5.65. The molecule has 0 amide bonds. The molecule has 0 N–H and O–H groups in total. The fourth-order valence-electron chi connectivity index (χ4n) is 2.73. The summed E-state index contributed by atoms with van der Waals surface area (Å²) >= 11 is 0. The van der Waals surface area contributed by atoms with Crippen LogP contribution in [0.4, 0.5) is 0 Å². The van der Waals surface area contributed by atoms with E-state index in [0.717, 1.165) is 12.8 Å². The van der Waals surface area contributed by atoms with Crippen molar-refractivity contribution in [2.45, 2.75) is 24.3 Å². The van der Waals surface area contributed by atoms with Crippen molar-refractivity contribution < 1.29 is 8.42 Å². The van der Waals surface area contributed by atoms with Crippen molar-refractivity contribution in [1.29, 1.82) is 0 Å². The zero-order valence-corrected chi connectivity index (χ0v) is 12.5. The van der Waals surface area contributed by atoms with Crippen LogP contribution >= 0.6 is 0 Å². The van der Waals surface area contributed by atoms with Crippen molar-refractivity contribution in [3.8, 4) is 0 Å². The van der Waals surface area contributed by atoms with E-state index in [-0.39, 0.29) is 5.92 Å². The molecule has 2 heterocycles. The van der Waals surface area contributed by atoms with Gasteiger partial charge in [-0.15, -0.1) is 0 Å². The number of hydrogen-bond donors (Lipinski definition) is 0. The Morgan fingerprint density at radius 2 is 2.05 bits per heavy atom. The second-order valence-electron chi connectivity index (χ2n) is 5.30. The molecule has 1 aromatic carbocycles. The van der Waals surface area contributed by atoms with E-state index in [2.05, 4.69) is 10.1 Å². The number of hydrogen-bond acceptors (Lipinski definition) is 4. The summed E-state index contributed by atoms with van der Waals surface area (Å²) in [4.78, 5) is 4.29. The van der Waals surface area contributed by atoms with Crippen molar-refractivity contribution in [1.82, 2.24) is 19.1 Å². The second-order valence-corrected chi connectivity index (χ2v) is 7.24. The van der Waals surface area contributed by atoms with Gasteiger partial charge in [0.15, 0.2) is 0 Å². The number of sulfonamides is 1. The maximum atomic E-state index is 12.6. The van der Waals surface area contributed by atoms with Crippen LogP contribution < -0.4 is 0 Å². The topological polar surface area (TPSA) is 68.1 Å². The first kappa shape index (κ1) is 14.2. The Kier molecular flexibility index (Phi) is 4.03. The Hall–Kier alpha value is -1.73. The summed E-state index contributed by atoms with van der Waals surface area (Å²) in [5, 5.41) is 4.09. The first-order valence-corrected chi connectivity index (χ1v) is 8.48. The summed E-state index contributed by atoms with van der Waals surface area (Å²) in [6.07, 6.45) is 5.07. The molecule has 1 aliphatic rings. The zero-order valence-electron chi connectivity index (χ0n) is 11.7. The van der Waals surface area contributed by atoms with Crippen LogP contribution in [-0.2, 0) is 16.6 Å². The highest BCUT2D eigenvalue weighted by Gasteiger charge is 2.30. The largest absolute Gasteiger partial charge is 0.253 e. The van der Waals surface area contributed by atoms with Gasteiger partial charge in [-0.25, -0.2) is 13.4 Å². The molecule has 0 bridgehead atoms. The molecule has 6 nitrogen and oxygen atoms in total. The van der Waals surface area contributed by atoms with Gasteiger partial charge in [-0.1, -0.05) is 18.2 Å². The SMILES string of the molecule is O=S(=O)(c1ccccc1)N1CCC[C@H](Cn2cncn2)C1. The molecule has 0 spiro atoms. The first-order chi connectivity index (χ1) is 10.2. The third kappa shape index (κ3) is 3.14. The highest BCUT2D eigenvalue weighted by Crippen LogP contribution is 2.24. The third-order valence-electron chi connectivity index (χ3n) is 3.77. The van der Waals surface area contributed by atoms with Crippen LogP contribution in [0.3, 0.4) is 0 Å². The Labute approximate surface area is 124 Å². The van der Waals surface area contributed by atoms with E-state index < -0.39 is 10.0 Å². The lowest BCUT2D eigenvalue weighted by molar-refractivity contribution is 0.239. The fourth-order valence-corrected chi connectivity index (χ4v) is 4.30. The van der Waals surface area contributed by atoms with Gasteiger partial charge in [0, 0.05) is 19.6 Å². The van der Waals surface area contributed by atoms with Gasteiger partial charge in [-0.05, 0) is 30.9 Å². The molecule has 0 radical (unpaired) electrons. The molecule has 3 rings (SSSR count). The Morgan fingerprint density at radius 3 is 2.76 bits per heavy atom. The van der Waals surface area contributed by atoms with Gasteiger partial charge in [-0.3, -0.25) is 4.68 Å². The van der Waals surface area contributed by atoms with Crippen molar-refractivity contribution in [3.05, 3.63) is 43.0 Å². The van der Waals surface area contributed by atoms with Crippen molar-refractivity contribution in [3.63, 3.8) is 0 Å². The van der Waals surface area contributed by atoms with E-state index in [1.165, 1.54) is 6.33 Å². The number of aromatic nitrogens is 3. The molecule has 1 atom stereocenters. The molecular formula is C14H18N4O2S. The lowest BCUT2D eigenvalue weighted by Crippen LogP contribution is -2.41. The van der Waals surface area contributed by atoms with Crippen LogP contribution in [-0.4, -0.2) is 40.6 Å². The maximum Gasteiger partial charge on any atom is 0.243 e. The van der Waals surface area contributed by atoms with Crippen molar-refractivity contribution in [2.75, 3.05) is 13.1 Å². The van der Waals surface area contributed by atoms with E-state index in [1.54, 1.807) is 39.6 Å². The number of benzene rings is 1. The van der Waals surface area contributed by atoms with Crippen LogP contribution in [0.5, 0.6) is 0 Å². The van der Waals surface area contributed by atoms with E-state index in [4.69, 9.17) is 0 Å². The Balaban J connectivity index is 1.74. The van der Waals surface area contributed by atoms with Gasteiger partial charge in [-0.2, -0.15) is 9.40 Å². The summed E-state index contributed by atoms with van der Waals surface area (Å²) < 4.78 is 28.6. The molecule has 1 saturated heterocycles. The summed E-state index contributed by atoms with van der Waals surface area (Å²) in [5.41, 5.74) is 0. The van der Waals surface area contributed by atoms with Crippen LogP contribution in [0, 0.1) is 5.92 Å². The first-order valence-electron chi connectivity index (χ1n) is 7.04. The maximum absolute atomic E-state index is 12.6. The van der Waals surface area contributed by atoms with E-state index in [9.17, 15) is 8.42 Å². The van der Waals surface area contributed by atoms with Crippen molar-refractivity contribution >= 4 is 10.0 Å². The quantitative estimate of drug-likeness (QED) is 0.856. The van der Waals surface area contributed by atoms with Crippen LogP contribution in [0.25, 0.3) is 0 Å². The molecule has 0 saturated carbocycles. The molecule has 1 fully saturated rings. The van der Waals surface area contributed by atoms with E-state index >= 15 is 0 Å². The Morgan fingerprint density at radius 1 is 1.24 bits per heavy atom. The van der Waals surface area contributed by atoms with E-state index in [1.807, 2.05) is 6.07 Å². The molecular weight excluding hydrogens is 288 g/mol. The van der Waals surface area contributed by atoms with Gasteiger partial charge in [0.2, 0.25) is 10.0 Å². The summed E-state index contributed by atoms with van der Waals surface area (Å²) in [6.45, 7) is 1.84. The minimum Gasteiger partial charge on any atom is -0.253 e. The summed E-state index contributed by atoms with van der Waals surface area (Å²) in [6, 6.07) is 8.63. The highest BCUT2D eigenvalue weighted by atomic mass is 32.2. The minimum absolute atomic E-state index is 0.277. The molecule has 0 aliphatic carbocycles. The van der Waals surface area contributed by atoms with Gasteiger partial charge in [0.1, 0.15) is 12.7 Å². The molecule has 1 aliphatic heterocycles. The summed E-state index contributed by atoms with van der Waals surface area (Å²) in [5.74, 6) is 0.277. The number of rotatable bonds is 4. The average molecular weight is 306 g/mol. The smallest absolute Gasteiger partial charge is 0.243 e. The molecule has 21 heavy (non-hydrogen) atoms. The van der Waals surface area contributed by atoms with Crippen molar-refractivity contribution in [2.24, 2.45) is 5.92 Å². The lowest BCUT2D eigenvalue weighted by atomic mass is 10.00. The lowest BCUT2D eigenvalue weighted by Gasteiger charge is -2.31. The predicted octanol–water partition coefficient (Wildman–Crippen LogP) is 1.38. The fraction of sp³-hybridized carbons (Fsp3) is 0.429. The zero-order chi connectivity index (χ0) is 14.7. The van der Waals surface area contributed by atoms with Crippen LogP contribution in [0.2, 0.25) is 0 Å². The van der Waals surface area contributed by atoms with Crippen LogP contribution in [0.15, 0.2) is 47.9 Å². The summed E-state index contributed by atoms with van der Waals surface area (Å²) in [7, 11) is -3.39. The van der Waals surface area contributed by atoms with Crippen LogP contribution in [0.1, 0.15) is 12.8 Å². The molecule has 112 valence electrons. The number of piperidine rings is 1. The van der Waals surface area contributed by atoms with Gasteiger partial charge in [0.05, 0.1) is 4.90 Å². The normalized spacial score (nSPS) is 20.5.